The summed E-state index contributed by atoms with van der Waals surface area (Å²) in [5.41, 5.74) is 10.2. The lowest BCUT2D eigenvalue weighted by Gasteiger charge is -2.16. The van der Waals surface area contributed by atoms with Crippen LogP contribution in [0.2, 0.25) is 0 Å². The first-order valence-electron chi connectivity index (χ1n) is 14.5. The van der Waals surface area contributed by atoms with Crippen LogP contribution in [0.3, 0.4) is 0 Å². The molecule has 0 atom stereocenters. The molecule has 0 aliphatic carbocycles. The number of anilines is 4. The first-order chi connectivity index (χ1) is 22.8. The van der Waals surface area contributed by atoms with Crippen molar-refractivity contribution in [2.75, 3.05) is 28.7 Å². The number of rotatable bonds is 11. The highest BCUT2D eigenvalue weighted by Crippen LogP contribution is 2.35. The molecule has 0 aliphatic rings. The second-order valence-corrected chi connectivity index (χ2v) is 14.9. The van der Waals surface area contributed by atoms with Gasteiger partial charge >= 0.3 is 0 Å². The van der Waals surface area contributed by atoms with Gasteiger partial charge in [-0.15, -0.1) is 0 Å². The second-order valence-electron chi connectivity index (χ2n) is 10.8. The average molecular weight is 686 g/mol. The van der Waals surface area contributed by atoms with Crippen LogP contribution in [0.5, 0.6) is 0 Å². The zero-order valence-corrected chi connectivity index (χ0v) is 28.1. The average Bonchev–Trinajstić information content (AvgIpc) is 3.06. The first kappa shape index (κ1) is 33.9. The predicted molar refractivity (Wildman–Crippen MR) is 188 cm³/mol. The van der Waals surface area contributed by atoms with Gasteiger partial charge in [0.1, 0.15) is 5.82 Å². The molecule has 48 heavy (non-hydrogen) atoms. The molecule has 0 saturated carbocycles. The maximum Gasteiger partial charge on any atom is 0.231 e. The SMILES string of the molecule is CC(=NNc1nc(Nc2ccccc2)nc(NN=C(C)c2ccc(S(C)(=O)=O)cc2)c1-c1ccc(F)cc1)c1ccc(S(C)(=O)=O)cc1. The third kappa shape index (κ3) is 8.46. The van der Waals surface area contributed by atoms with Crippen molar-refractivity contribution in [3.05, 3.63) is 120 Å². The van der Waals surface area contributed by atoms with Crippen LogP contribution < -0.4 is 16.2 Å². The Morgan fingerprint density at radius 3 is 1.48 bits per heavy atom. The molecule has 3 N–H and O–H groups in total. The summed E-state index contributed by atoms with van der Waals surface area (Å²) in [4.78, 5) is 9.78. The van der Waals surface area contributed by atoms with Crippen LogP contribution in [0.4, 0.5) is 27.7 Å². The van der Waals surface area contributed by atoms with E-state index in [4.69, 9.17) is 9.97 Å². The maximum absolute atomic E-state index is 14.0. The van der Waals surface area contributed by atoms with Crippen LogP contribution in [0, 0.1) is 5.82 Å². The van der Waals surface area contributed by atoms with Gasteiger partial charge in [-0.05, 0) is 79.1 Å². The molecule has 0 unspecified atom stereocenters. The summed E-state index contributed by atoms with van der Waals surface area (Å²) in [5.74, 6) is 0.293. The Morgan fingerprint density at radius 1 is 0.625 bits per heavy atom. The van der Waals surface area contributed by atoms with E-state index < -0.39 is 25.5 Å². The van der Waals surface area contributed by atoms with Crippen LogP contribution in [-0.2, 0) is 19.7 Å². The molecule has 1 heterocycles. The Labute approximate surface area is 278 Å². The number of hydrogen-bond acceptors (Lipinski definition) is 11. The summed E-state index contributed by atoms with van der Waals surface area (Å²) in [6.45, 7) is 3.51. The van der Waals surface area contributed by atoms with E-state index in [2.05, 4.69) is 26.4 Å². The van der Waals surface area contributed by atoms with Gasteiger partial charge in [0.05, 0.1) is 26.8 Å². The molecular formula is C34H32FN7O4S2. The summed E-state index contributed by atoms with van der Waals surface area (Å²) in [6.07, 6.45) is 2.28. The number of para-hydroxylation sites is 1. The fourth-order valence-electron chi connectivity index (χ4n) is 4.51. The topological polar surface area (TPSA) is 155 Å². The Kier molecular flexibility index (Phi) is 9.96. The van der Waals surface area contributed by atoms with Crippen LogP contribution in [0.1, 0.15) is 25.0 Å². The number of sulfone groups is 2. The molecule has 14 heteroatoms. The first-order valence-corrected chi connectivity index (χ1v) is 18.3. The van der Waals surface area contributed by atoms with E-state index in [1.807, 2.05) is 30.3 Å². The zero-order chi connectivity index (χ0) is 34.5. The fraction of sp³-hybridized carbons (Fsp3) is 0.118. The minimum absolute atomic E-state index is 0.191. The lowest BCUT2D eigenvalue weighted by molar-refractivity contribution is 0.600. The summed E-state index contributed by atoms with van der Waals surface area (Å²) in [5, 5.41) is 12.2. The number of halogens is 1. The maximum atomic E-state index is 14.0. The van der Waals surface area contributed by atoms with Crippen molar-refractivity contribution in [2.24, 2.45) is 10.2 Å². The Bertz CT molecular complexity index is 2090. The summed E-state index contributed by atoms with van der Waals surface area (Å²) < 4.78 is 61.7. The lowest BCUT2D eigenvalue weighted by Crippen LogP contribution is -2.09. The van der Waals surface area contributed by atoms with Gasteiger partial charge in [0.2, 0.25) is 5.95 Å². The normalized spacial score (nSPS) is 12.4. The molecule has 0 amide bonds. The van der Waals surface area contributed by atoms with Gasteiger partial charge in [0.15, 0.2) is 31.3 Å². The summed E-state index contributed by atoms with van der Waals surface area (Å²) in [7, 11) is -6.72. The lowest BCUT2D eigenvalue weighted by atomic mass is 10.1. The minimum atomic E-state index is -3.36. The van der Waals surface area contributed by atoms with Crippen molar-refractivity contribution in [3.8, 4) is 11.1 Å². The zero-order valence-electron chi connectivity index (χ0n) is 26.4. The highest BCUT2D eigenvalue weighted by molar-refractivity contribution is 7.91. The van der Waals surface area contributed by atoms with E-state index in [1.165, 1.54) is 36.4 Å². The number of hydrogen-bond donors (Lipinski definition) is 3. The van der Waals surface area contributed by atoms with E-state index in [9.17, 15) is 21.2 Å². The van der Waals surface area contributed by atoms with E-state index in [1.54, 1.807) is 50.2 Å². The van der Waals surface area contributed by atoms with Crippen molar-refractivity contribution in [1.82, 2.24) is 9.97 Å². The molecule has 4 aromatic carbocycles. The molecule has 5 rings (SSSR count). The molecule has 0 saturated heterocycles. The van der Waals surface area contributed by atoms with Gasteiger partial charge in [-0.25, -0.2) is 21.2 Å². The number of benzene rings is 4. The van der Waals surface area contributed by atoms with Gasteiger partial charge in [0.25, 0.3) is 0 Å². The molecule has 0 spiro atoms. The van der Waals surface area contributed by atoms with Gasteiger partial charge < -0.3 is 5.32 Å². The second kappa shape index (κ2) is 14.1. The monoisotopic (exact) mass is 685 g/mol. The van der Waals surface area contributed by atoms with Crippen molar-refractivity contribution < 1.29 is 21.2 Å². The molecule has 5 aromatic rings. The number of hydrazone groups is 2. The largest absolute Gasteiger partial charge is 0.324 e. The van der Waals surface area contributed by atoms with Crippen molar-refractivity contribution in [1.29, 1.82) is 0 Å². The van der Waals surface area contributed by atoms with Crippen LogP contribution in [0.25, 0.3) is 11.1 Å². The van der Waals surface area contributed by atoms with Crippen molar-refractivity contribution >= 4 is 54.4 Å². The molecule has 1 aromatic heterocycles. The van der Waals surface area contributed by atoms with Crippen molar-refractivity contribution in [3.63, 3.8) is 0 Å². The Morgan fingerprint density at radius 2 is 1.06 bits per heavy atom. The van der Waals surface area contributed by atoms with Crippen LogP contribution in [0.15, 0.2) is 123 Å². The number of nitrogens with one attached hydrogen (secondary N) is 3. The van der Waals surface area contributed by atoms with Gasteiger partial charge in [-0.2, -0.15) is 20.2 Å². The molecule has 246 valence electrons. The van der Waals surface area contributed by atoms with E-state index in [0.29, 0.717) is 33.7 Å². The van der Waals surface area contributed by atoms with Crippen LogP contribution >= 0.6 is 0 Å². The number of nitrogens with zero attached hydrogens (tertiary/aromatic N) is 4. The third-order valence-electron chi connectivity index (χ3n) is 7.13. The fourth-order valence-corrected chi connectivity index (χ4v) is 5.77. The molecule has 0 fully saturated rings. The van der Waals surface area contributed by atoms with Gasteiger partial charge in [-0.3, -0.25) is 10.9 Å². The summed E-state index contributed by atoms with van der Waals surface area (Å²) >= 11 is 0. The predicted octanol–water partition coefficient (Wildman–Crippen LogP) is 6.51. The molecule has 0 aliphatic heterocycles. The smallest absolute Gasteiger partial charge is 0.231 e. The molecule has 11 nitrogen and oxygen atoms in total. The standard InChI is InChI=1S/C34H32FN7O4S2/c1-22(24-12-18-29(19-13-24)47(3,43)44)39-41-32-31(26-10-16-27(35)17-11-26)33(38-34(37-32)36-28-8-6-5-7-9-28)42-40-23(2)25-14-20-30(21-15-25)48(4,45)46/h5-21H,1-4H3,(H3,36,37,38,41,42). The quantitative estimate of drug-likeness (QED) is 0.104. The van der Waals surface area contributed by atoms with E-state index >= 15 is 0 Å². The highest BCUT2D eigenvalue weighted by atomic mass is 32.2. The van der Waals surface area contributed by atoms with Crippen LogP contribution in [-0.4, -0.2) is 50.7 Å². The Balaban J connectivity index is 1.58. The number of aromatic nitrogens is 2. The molecular weight excluding hydrogens is 654 g/mol. The van der Waals surface area contributed by atoms with Crippen molar-refractivity contribution in [2.45, 2.75) is 23.6 Å². The third-order valence-corrected chi connectivity index (χ3v) is 9.39. The van der Waals surface area contributed by atoms with E-state index in [-0.39, 0.29) is 27.4 Å². The molecule has 0 bridgehead atoms. The summed E-state index contributed by atoms with van der Waals surface area (Å²) in [6, 6.07) is 27.8. The van der Waals surface area contributed by atoms with Gasteiger partial charge in [0, 0.05) is 18.2 Å². The molecule has 0 radical (unpaired) electrons. The minimum Gasteiger partial charge on any atom is -0.324 e. The van der Waals surface area contributed by atoms with E-state index in [0.717, 1.165) is 18.2 Å². The highest BCUT2D eigenvalue weighted by Gasteiger charge is 2.18. The Hall–Kier alpha value is -5.47. The van der Waals surface area contributed by atoms with Gasteiger partial charge in [-0.1, -0.05) is 54.6 Å².